The van der Waals surface area contributed by atoms with Gasteiger partial charge in [0.15, 0.2) is 0 Å². The SMILES string of the molecule is Cc1cccc(NC(=O)CN(C)C(=O)C2CCN(C(=O)C3CC3)CC2)c1C. The van der Waals surface area contributed by atoms with Crippen LogP contribution in [0, 0.1) is 25.7 Å². The van der Waals surface area contributed by atoms with Gasteiger partial charge in [-0.2, -0.15) is 0 Å². The number of hydrogen-bond donors (Lipinski definition) is 1. The van der Waals surface area contributed by atoms with Crippen molar-refractivity contribution >= 4 is 23.4 Å². The van der Waals surface area contributed by atoms with Gasteiger partial charge in [0.1, 0.15) is 0 Å². The lowest BCUT2D eigenvalue weighted by Gasteiger charge is -2.33. The predicted molar refractivity (Wildman–Crippen MR) is 104 cm³/mol. The van der Waals surface area contributed by atoms with E-state index >= 15 is 0 Å². The fourth-order valence-corrected chi connectivity index (χ4v) is 3.62. The highest BCUT2D eigenvalue weighted by atomic mass is 16.2. The molecule has 3 rings (SSSR count). The molecule has 1 saturated heterocycles. The van der Waals surface area contributed by atoms with Crippen LogP contribution in [0.2, 0.25) is 0 Å². The number of carbonyl (C=O) groups excluding carboxylic acids is 3. The maximum Gasteiger partial charge on any atom is 0.243 e. The smallest absolute Gasteiger partial charge is 0.243 e. The third-order valence-corrected chi connectivity index (χ3v) is 5.72. The molecule has 2 aliphatic rings. The third-order valence-electron chi connectivity index (χ3n) is 5.72. The normalized spacial score (nSPS) is 17.5. The second-order valence-corrected chi connectivity index (χ2v) is 7.86. The van der Waals surface area contributed by atoms with E-state index in [1.165, 1.54) is 4.90 Å². The highest BCUT2D eigenvalue weighted by molar-refractivity contribution is 5.95. The molecule has 0 unspecified atom stereocenters. The van der Waals surface area contributed by atoms with Crippen LogP contribution < -0.4 is 5.32 Å². The highest BCUT2D eigenvalue weighted by Crippen LogP contribution is 2.32. The number of piperidine rings is 1. The van der Waals surface area contributed by atoms with Crippen LogP contribution in [0.4, 0.5) is 5.69 Å². The minimum atomic E-state index is -0.194. The van der Waals surface area contributed by atoms with E-state index in [1.54, 1.807) is 7.05 Å². The van der Waals surface area contributed by atoms with Crippen molar-refractivity contribution in [2.75, 3.05) is 32.0 Å². The number of likely N-dealkylation sites (N-methyl/N-ethyl adjacent to an activating group) is 1. The van der Waals surface area contributed by atoms with E-state index in [4.69, 9.17) is 0 Å². The Bertz CT molecular complexity index is 734. The van der Waals surface area contributed by atoms with E-state index < -0.39 is 0 Å². The summed E-state index contributed by atoms with van der Waals surface area (Å²) in [6.45, 7) is 5.30. The Hall–Kier alpha value is -2.37. The Kier molecular flexibility index (Phi) is 5.82. The lowest BCUT2D eigenvalue weighted by molar-refractivity contribution is -0.141. The zero-order valence-corrected chi connectivity index (χ0v) is 16.5. The van der Waals surface area contributed by atoms with E-state index in [0.717, 1.165) is 29.7 Å². The van der Waals surface area contributed by atoms with Crippen molar-refractivity contribution in [1.29, 1.82) is 0 Å². The number of aryl methyl sites for hydroxylation is 1. The fourth-order valence-electron chi connectivity index (χ4n) is 3.62. The molecule has 1 saturated carbocycles. The van der Waals surface area contributed by atoms with Gasteiger partial charge in [-0.15, -0.1) is 0 Å². The molecule has 0 aromatic heterocycles. The van der Waals surface area contributed by atoms with Gasteiger partial charge >= 0.3 is 0 Å². The summed E-state index contributed by atoms with van der Waals surface area (Å²) in [5.41, 5.74) is 2.94. The first kappa shape index (κ1) is 19.4. The second-order valence-electron chi connectivity index (χ2n) is 7.86. The van der Waals surface area contributed by atoms with Gasteiger partial charge in [0.2, 0.25) is 17.7 Å². The topological polar surface area (TPSA) is 69.7 Å². The van der Waals surface area contributed by atoms with Gasteiger partial charge in [-0.1, -0.05) is 12.1 Å². The van der Waals surface area contributed by atoms with E-state index in [9.17, 15) is 14.4 Å². The molecule has 1 N–H and O–H groups in total. The largest absolute Gasteiger partial charge is 0.342 e. The van der Waals surface area contributed by atoms with Crippen LogP contribution in [0.25, 0.3) is 0 Å². The van der Waals surface area contributed by atoms with Crippen LogP contribution in [-0.4, -0.2) is 54.2 Å². The summed E-state index contributed by atoms with van der Waals surface area (Å²) >= 11 is 0. The van der Waals surface area contributed by atoms with Crippen molar-refractivity contribution in [3.05, 3.63) is 29.3 Å². The molecule has 6 heteroatoms. The predicted octanol–water partition coefficient (Wildman–Crippen LogP) is 2.35. The van der Waals surface area contributed by atoms with E-state index in [0.29, 0.717) is 25.9 Å². The molecule has 0 bridgehead atoms. The molecular formula is C21H29N3O3. The van der Waals surface area contributed by atoms with Crippen LogP contribution in [0.1, 0.15) is 36.8 Å². The van der Waals surface area contributed by atoms with Crippen LogP contribution in [0.3, 0.4) is 0 Å². The lowest BCUT2D eigenvalue weighted by atomic mass is 9.95. The Morgan fingerprint density at radius 2 is 1.74 bits per heavy atom. The van der Waals surface area contributed by atoms with Crippen LogP contribution >= 0.6 is 0 Å². The molecule has 1 aromatic rings. The molecule has 1 heterocycles. The molecular weight excluding hydrogens is 342 g/mol. The Morgan fingerprint density at radius 3 is 2.37 bits per heavy atom. The van der Waals surface area contributed by atoms with Crippen molar-refractivity contribution in [2.45, 2.75) is 39.5 Å². The zero-order valence-electron chi connectivity index (χ0n) is 16.5. The van der Waals surface area contributed by atoms with E-state index in [1.807, 2.05) is 36.9 Å². The van der Waals surface area contributed by atoms with Gasteiger partial charge in [0.25, 0.3) is 0 Å². The van der Waals surface area contributed by atoms with Crippen LogP contribution in [-0.2, 0) is 14.4 Å². The van der Waals surface area contributed by atoms with E-state index in [-0.39, 0.29) is 36.1 Å². The standard InChI is InChI=1S/C21H29N3O3/c1-14-5-4-6-18(15(14)2)22-19(25)13-23(3)20(26)17-9-11-24(12-10-17)21(27)16-7-8-16/h4-6,16-17H,7-13H2,1-3H3,(H,22,25). The van der Waals surface area contributed by atoms with Crippen molar-refractivity contribution in [3.8, 4) is 0 Å². The third kappa shape index (κ3) is 4.67. The van der Waals surface area contributed by atoms with Crippen LogP contribution in [0.5, 0.6) is 0 Å². The average Bonchev–Trinajstić information content (AvgIpc) is 3.49. The molecule has 1 aliphatic carbocycles. The number of anilines is 1. The Balaban J connectivity index is 1.48. The molecule has 3 amide bonds. The first-order chi connectivity index (χ1) is 12.9. The van der Waals surface area contributed by atoms with Gasteiger partial charge in [-0.05, 0) is 56.7 Å². The zero-order chi connectivity index (χ0) is 19.6. The molecule has 2 fully saturated rings. The average molecular weight is 371 g/mol. The summed E-state index contributed by atoms with van der Waals surface area (Å²) in [4.78, 5) is 40.5. The minimum absolute atomic E-state index is 0.00960. The summed E-state index contributed by atoms with van der Waals surface area (Å²) in [6.07, 6.45) is 3.38. The Morgan fingerprint density at radius 1 is 1.07 bits per heavy atom. The highest BCUT2D eigenvalue weighted by Gasteiger charge is 2.36. The van der Waals surface area contributed by atoms with Gasteiger partial charge < -0.3 is 15.1 Å². The van der Waals surface area contributed by atoms with Gasteiger partial charge in [0, 0.05) is 37.7 Å². The molecule has 27 heavy (non-hydrogen) atoms. The fraction of sp³-hybridized carbons (Fsp3) is 0.571. The summed E-state index contributed by atoms with van der Waals surface area (Å²) in [5.74, 6) is 0.174. The first-order valence-corrected chi connectivity index (χ1v) is 9.76. The number of nitrogens with zero attached hydrogens (tertiary/aromatic N) is 2. The van der Waals surface area contributed by atoms with Gasteiger partial charge in [-0.25, -0.2) is 0 Å². The summed E-state index contributed by atoms with van der Waals surface area (Å²) < 4.78 is 0. The number of benzene rings is 1. The number of hydrogen-bond acceptors (Lipinski definition) is 3. The monoisotopic (exact) mass is 371 g/mol. The second kappa shape index (κ2) is 8.11. The molecule has 1 aliphatic heterocycles. The molecule has 0 spiro atoms. The maximum atomic E-state index is 12.7. The van der Waals surface area contributed by atoms with Crippen molar-refractivity contribution in [1.82, 2.24) is 9.80 Å². The summed E-state index contributed by atoms with van der Waals surface area (Å²) in [5, 5.41) is 2.90. The number of likely N-dealkylation sites (tertiary alicyclic amines) is 1. The van der Waals surface area contributed by atoms with Crippen molar-refractivity contribution < 1.29 is 14.4 Å². The quantitative estimate of drug-likeness (QED) is 0.864. The molecule has 1 aromatic carbocycles. The van der Waals surface area contributed by atoms with Crippen molar-refractivity contribution in [2.24, 2.45) is 11.8 Å². The molecule has 0 radical (unpaired) electrons. The summed E-state index contributed by atoms with van der Waals surface area (Å²) in [6, 6.07) is 5.78. The maximum absolute atomic E-state index is 12.7. The molecule has 146 valence electrons. The number of nitrogens with one attached hydrogen (secondary N) is 1. The van der Waals surface area contributed by atoms with Gasteiger partial charge in [-0.3, -0.25) is 14.4 Å². The van der Waals surface area contributed by atoms with Crippen molar-refractivity contribution in [3.63, 3.8) is 0 Å². The summed E-state index contributed by atoms with van der Waals surface area (Å²) in [7, 11) is 1.67. The van der Waals surface area contributed by atoms with E-state index in [2.05, 4.69) is 5.32 Å². The Labute approximate surface area is 160 Å². The molecule has 6 nitrogen and oxygen atoms in total. The first-order valence-electron chi connectivity index (χ1n) is 9.76. The number of rotatable bonds is 5. The number of carbonyl (C=O) groups is 3. The lowest BCUT2D eigenvalue weighted by Crippen LogP contribution is -2.45. The van der Waals surface area contributed by atoms with Crippen LogP contribution in [0.15, 0.2) is 18.2 Å². The number of amides is 3. The molecule has 0 atom stereocenters. The van der Waals surface area contributed by atoms with Gasteiger partial charge in [0.05, 0.1) is 6.54 Å². The minimum Gasteiger partial charge on any atom is -0.342 e.